The normalized spacial score (nSPS) is 23.8. The van der Waals surface area contributed by atoms with Crippen molar-refractivity contribution in [3.8, 4) is 6.07 Å². The fraction of sp³-hybridized carbons (Fsp3) is 0.929. The Labute approximate surface area is 99.7 Å². The third-order valence-electron chi connectivity index (χ3n) is 4.73. The molecule has 1 N–H and O–H groups in total. The van der Waals surface area contributed by atoms with Crippen molar-refractivity contribution >= 4 is 0 Å². The van der Waals surface area contributed by atoms with Gasteiger partial charge < -0.3 is 5.11 Å². The second kappa shape index (κ2) is 4.37. The van der Waals surface area contributed by atoms with E-state index in [9.17, 15) is 10.4 Å². The van der Waals surface area contributed by atoms with Crippen molar-refractivity contribution in [2.24, 2.45) is 10.8 Å². The molecular formula is C14H25NO. The lowest BCUT2D eigenvalue weighted by molar-refractivity contribution is -0.0902. The van der Waals surface area contributed by atoms with Crippen molar-refractivity contribution in [1.82, 2.24) is 0 Å². The fourth-order valence-electron chi connectivity index (χ4n) is 2.96. The van der Waals surface area contributed by atoms with Crippen LogP contribution in [0, 0.1) is 22.2 Å². The van der Waals surface area contributed by atoms with Crippen molar-refractivity contribution in [2.45, 2.75) is 71.8 Å². The van der Waals surface area contributed by atoms with Gasteiger partial charge >= 0.3 is 0 Å². The van der Waals surface area contributed by atoms with Crippen LogP contribution in [0.1, 0.15) is 66.2 Å². The summed E-state index contributed by atoms with van der Waals surface area (Å²) in [4.78, 5) is 0. The van der Waals surface area contributed by atoms with Gasteiger partial charge in [0.15, 0.2) is 0 Å². The van der Waals surface area contributed by atoms with Gasteiger partial charge in [-0.2, -0.15) is 5.26 Å². The van der Waals surface area contributed by atoms with Gasteiger partial charge in [-0.3, -0.25) is 0 Å². The van der Waals surface area contributed by atoms with E-state index in [0.29, 0.717) is 18.3 Å². The first-order valence-electron chi connectivity index (χ1n) is 6.48. The molecule has 0 saturated heterocycles. The topological polar surface area (TPSA) is 44.0 Å². The zero-order valence-electron chi connectivity index (χ0n) is 11.1. The van der Waals surface area contributed by atoms with Crippen LogP contribution in [0.5, 0.6) is 0 Å². The van der Waals surface area contributed by atoms with Crippen molar-refractivity contribution in [3.05, 3.63) is 0 Å². The maximum absolute atomic E-state index is 10.7. The maximum atomic E-state index is 10.7. The minimum Gasteiger partial charge on any atom is -0.388 e. The summed E-state index contributed by atoms with van der Waals surface area (Å²) in [7, 11) is 0. The first kappa shape index (κ1) is 13.5. The predicted molar refractivity (Wildman–Crippen MR) is 65.8 cm³/mol. The first-order valence-corrected chi connectivity index (χ1v) is 6.48. The lowest BCUT2D eigenvalue weighted by atomic mass is 9.57. The number of nitriles is 1. The Hall–Kier alpha value is -0.550. The summed E-state index contributed by atoms with van der Waals surface area (Å²) in [5, 5.41) is 20.2. The van der Waals surface area contributed by atoms with Crippen LogP contribution in [0.4, 0.5) is 0 Å². The van der Waals surface area contributed by atoms with Gasteiger partial charge in [0, 0.05) is 0 Å². The zero-order valence-corrected chi connectivity index (χ0v) is 11.1. The summed E-state index contributed by atoms with van der Waals surface area (Å²) < 4.78 is 0. The molecule has 0 heterocycles. The molecule has 1 aliphatic carbocycles. The molecule has 92 valence electrons. The van der Waals surface area contributed by atoms with Gasteiger partial charge in [-0.25, -0.2) is 0 Å². The average Bonchev–Trinajstić information content (AvgIpc) is 2.29. The average molecular weight is 223 g/mol. The number of hydrogen-bond acceptors (Lipinski definition) is 2. The molecule has 0 bridgehead atoms. The van der Waals surface area contributed by atoms with E-state index in [2.05, 4.69) is 19.9 Å². The zero-order chi connectivity index (χ0) is 12.4. The first-order chi connectivity index (χ1) is 7.35. The summed E-state index contributed by atoms with van der Waals surface area (Å²) in [6, 6.07) is 2.45. The number of nitrogens with zero attached hydrogens (tertiary/aromatic N) is 1. The summed E-state index contributed by atoms with van der Waals surface area (Å²) >= 11 is 0. The summed E-state index contributed by atoms with van der Waals surface area (Å²) in [6.07, 6.45) is 5.13. The number of aliphatic hydroxyl groups is 1. The summed E-state index contributed by atoms with van der Waals surface area (Å²) in [5.41, 5.74) is -0.965. The van der Waals surface area contributed by atoms with Crippen LogP contribution in [0.3, 0.4) is 0 Å². The Bertz CT molecular complexity index is 274. The molecule has 0 aromatic heterocycles. The second-order valence-electron chi connectivity index (χ2n) is 6.10. The minimum atomic E-state index is -0.793. The molecule has 1 saturated carbocycles. The quantitative estimate of drug-likeness (QED) is 0.793. The SMILES string of the molecule is CCC(O)(CC)C1(C#N)CCC(C)(C)CC1. The number of rotatable bonds is 3. The Balaban J connectivity index is 2.94. The monoisotopic (exact) mass is 223 g/mol. The van der Waals surface area contributed by atoms with Crippen molar-refractivity contribution in [2.75, 3.05) is 0 Å². The Morgan fingerprint density at radius 1 is 1.12 bits per heavy atom. The molecule has 0 aromatic rings. The Morgan fingerprint density at radius 3 is 1.88 bits per heavy atom. The van der Waals surface area contributed by atoms with E-state index < -0.39 is 11.0 Å². The largest absolute Gasteiger partial charge is 0.388 e. The van der Waals surface area contributed by atoms with Gasteiger partial charge in [0.2, 0.25) is 0 Å². The third kappa shape index (κ3) is 2.11. The van der Waals surface area contributed by atoms with Gasteiger partial charge in [0.05, 0.1) is 17.1 Å². The van der Waals surface area contributed by atoms with Gasteiger partial charge in [-0.05, 0) is 43.9 Å². The summed E-state index contributed by atoms with van der Waals surface area (Å²) in [5.74, 6) is 0. The van der Waals surface area contributed by atoms with Crippen LogP contribution in [-0.4, -0.2) is 10.7 Å². The summed E-state index contributed by atoms with van der Waals surface area (Å²) in [6.45, 7) is 8.49. The van der Waals surface area contributed by atoms with Gasteiger partial charge in [0.25, 0.3) is 0 Å². The molecule has 16 heavy (non-hydrogen) atoms. The molecule has 0 unspecified atom stereocenters. The van der Waals surface area contributed by atoms with E-state index in [1.807, 2.05) is 13.8 Å². The van der Waals surface area contributed by atoms with E-state index in [1.54, 1.807) is 0 Å². The van der Waals surface area contributed by atoms with E-state index in [0.717, 1.165) is 25.7 Å². The van der Waals surface area contributed by atoms with Crippen LogP contribution in [0.15, 0.2) is 0 Å². The molecule has 1 rings (SSSR count). The molecule has 0 aliphatic heterocycles. The highest BCUT2D eigenvalue weighted by Gasteiger charge is 2.51. The van der Waals surface area contributed by atoms with Crippen LogP contribution >= 0.6 is 0 Å². The van der Waals surface area contributed by atoms with E-state index in [-0.39, 0.29) is 0 Å². The molecule has 1 fully saturated rings. The number of hydrogen-bond donors (Lipinski definition) is 1. The molecule has 2 nitrogen and oxygen atoms in total. The molecule has 0 aromatic carbocycles. The van der Waals surface area contributed by atoms with Crippen molar-refractivity contribution in [1.29, 1.82) is 5.26 Å². The van der Waals surface area contributed by atoms with Gasteiger partial charge in [-0.1, -0.05) is 27.7 Å². The van der Waals surface area contributed by atoms with E-state index in [4.69, 9.17) is 0 Å². The molecular weight excluding hydrogens is 198 g/mol. The molecule has 0 radical (unpaired) electrons. The minimum absolute atomic E-state index is 0.336. The Morgan fingerprint density at radius 2 is 1.56 bits per heavy atom. The van der Waals surface area contributed by atoms with Crippen LogP contribution in [-0.2, 0) is 0 Å². The van der Waals surface area contributed by atoms with Crippen LogP contribution in [0.2, 0.25) is 0 Å². The Kier molecular flexibility index (Phi) is 3.69. The fourth-order valence-corrected chi connectivity index (χ4v) is 2.96. The van der Waals surface area contributed by atoms with E-state index >= 15 is 0 Å². The molecule has 2 heteroatoms. The standard InChI is InChI=1S/C14H25NO/c1-5-14(16,6-2)13(11-15)9-7-12(3,4)8-10-13/h16H,5-10H2,1-4H3. The molecule has 0 amide bonds. The van der Waals surface area contributed by atoms with Crippen LogP contribution < -0.4 is 0 Å². The highest BCUT2D eigenvalue weighted by Crippen LogP contribution is 2.52. The molecule has 1 aliphatic rings. The van der Waals surface area contributed by atoms with E-state index in [1.165, 1.54) is 0 Å². The molecule has 0 spiro atoms. The predicted octanol–water partition coefficient (Wildman–Crippen LogP) is 3.65. The lowest BCUT2D eigenvalue weighted by Gasteiger charge is -2.48. The third-order valence-corrected chi connectivity index (χ3v) is 4.73. The maximum Gasteiger partial charge on any atom is 0.0860 e. The highest BCUT2D eigenvalue weighted by molar-refractivity contribution is 5.13. The lowest BCUT2D eigenvalue weighted by Crippen LogP contribution is -2.49. The smallest absolute Gasteiger partial charge is 0.0860 e. The second-order valence-corrected chi connectivity index (χ2v) is 6.10. The van der Waals surface area contributed by atoms with Gasteiger partial charge in [0.1, 0.15) is 0 Å². The molecule has 0 atom stereocenters. The van der Waals surface area contributed by atoms with Gasteiger partial charge in [-0.15, -0.1) is 0 Å². The van der Waals surface area contributed by atoms with Crippen LogP contribution in [0.25, 0.3) is 0 Å². The van der Waals surface area contributed by atoms with Crippen molar-refractivity contribution < 1.29 is 5.11 Å². The highest BCUT2D eigenvalue weighted by atomic mass is 16.3. The van der Waals surface area contributed by atoms with Crippen molar-refractivity contribution in [3.63, 3.8) is 0 Å².